The van der Waals surface area contributed by atoms with Gasteiger partial charge in [0.25, 0.3) is 0 Å². The summed E-state index contributed by atoms with van der Waals surface area (Å²) in [5, 5.41) is 5.53. The van der Waals surface area contributed by atoms with E-state index in [0.29, 0.717) is 0 Å². The van der Waals surface area contributed by atoms with Gasteiger partial charge in [-0.1, -0.05) is 35.9 Å². The summed E-state index contributed by atoms with van der Waals surface area (Å²) in [6.45, 7) is 0. The third-order valence-corrected chi connectivity index (χ3v) is 3.90. The van der Waals surface area contributed by atoms with Crippen molar-refractivity contribution in [2.24, 2.45) is 0 Å². The average Bonchev–Trinajstić information content (AvgIpc) is 2.52. The number of nitrogens with zero attached hydrogens (tertiary/aromatic N) is 1. The van der Waals surface area contributed by atoms with Crippen LogP contribution in [-0.4, -0.2) is 12.0 Å². The van der Waals surface area contributed by atoms with E-state index < -0.39 is 5.82 Å². The van der Waals surface area contributed by atoms with Crippen LogP contribution in [0.5, 0.6) is 0 Å². The van der Waals surface area contributed by atoms with Gasteiger partial charge in [0.05, 0.1) is 11.1 Å². The molecule has 0 aliphatic carbocycles. The molecule has 106 valence electrons. The van der Waals surface area contributed by atoms with Crippen molar-refractivity contribution in [2.75, 3.05) is 7.05 Å². The predicted octanol–water partition coefficient (Wildman–Crippen LogP) is 4.34. The molecule has 0 radical (unpaired) electrons. The molecule has 1 aromatic heterocycles. The number of pyridine rings is 1. The van der Waals surface area contributed by atoms with Crippen molar-refractivity contribution in [3.63, 3.8) is 0 Å². The molecular weight excluding hydrogens is 287 g/mol. The van der Waals surface area contributed by atoms with Crippen molar-refractivity contribution in [1.29, 1.82) is 0 Å². The van der Waals surface area contributed by atoms with Crippen molar-refractivity contribution in [3.8, 4) is 0 Å². The number of benzene rings is 2. The lowest BCUT2D eigenvalue weighted by molar-refractivity contribution is 0.617. The van der Waals surface area contributed by atoms with Gasteiger partial charge in [-0.25, -0.2) is 4.39 Å². The highest BCUT2D eigenvalue weighted by molar-refractivity contribution is 6.30. The largest absolute Gasteiger partial charge is 0.309 e. The average molecular weight is 301 g/mol. The third kappa shape index (κ3) is 2.62. The predicted molar refractivity (Wildman–Crippen MR) is 84.1 cm³/mol. The second-order valence-electron chi connectivity index (χ2n) is 4.84. The second kappa shape index (κ2) is 5.80. The lowest BCUT2D eigenvalue weighted by Gasteiger charge is -2.19. The van der Waals surface area contributed by atoms with Crippen molar-refractivity contribution in [3.05, 3.63) is 76.8 Å². The van der Waals surface area contributed by atoms with E-state index in [1.54, 1.807) is 12.3 Å². The van der Waals surface area contributed by atoms with E-state index in [9.17, 15) is 4.39 Å². The van der Waals surface area contributed by atoms with Gasteiger partial charge in [0.1, 0.15) is 5.82 Å². The van der Waals surface area contributed by atoms with E-state index in [4.69, 9.17) is 11.6 Å². The first-order valence-electron chi connectivity index (χ1n) is 6.65. The van der Waals surface area contributed by atoms with Gasteiger partial charge in [-0.15, -0.1) is 0 Å². The summed E-state index contributed by atoms with van der Waals surface area (Å²) in [4.78, 5) is 4.19. The Kier molecular flexibility index (Phi) is 3.86. The smallest absolute Gasteiger partial charge is 0.142 e. The Bertz CT molecular complexity index is 783. The van der Waals surface area contributed by atoms with Gasteiger partial charge in [-0.3, -0.25) is 4.98 Å². The highest BCUT2D eigenvalue weighted by Crippen LogP contribution is 2.29. The van der Waals surface area contributed by atoms with Crippen LogP contribution in [0, 0.1) is 5.82 Å². The quantitative estimate of drug-likeness (QED) is 0.778. The number of halogens is 2. The molecular formula is C17H14ClFN2. The van der Waals surface area contributed by atoms with E-state index in [2.05, 4.69) is 10.3 Å². The lowest BCUT2D eigenvalue weighted by atomic mass is 9.95. The Morgan fingerprint density at radius 1 is 1.19 bits per heavy atom. The number of nitrogens with one attached hydrogen (secondary N) is 1. The Morgan fingerprint density at radius 3 is 2.81 bits per heavy atom. The summed E-state index contributed by atoms with van der Waals surface area (Å²) in [7, 11) is 1.85. The maximum Gasteiger partial charge on any atom is 0.142 e. The molecule has 3 rings (SSSR count). The van der Waals surface area contributed by atoms with Crippen LogP contribution in [0.25, 0.3) is 10.8 Å². The van der Waals surface area contributed by atoms with E-state index >= 15 is 0 Å². The van der Waals surface area contributed by atoms with Crippen LogP contribution in [0.2, 0.25) is 5.02 Å². The van der Waals surface area contributed by atoms with Crippen LogP contribution in [-0.2, 0) is 0 Å². The summed E-state index contributed by atoms with van der Waals surface area (Å²) in [6.07, 6.45) is 3.60. The zero-order chi connectivity index (χ0) is 14.8. The maximum absolute atomic E-state index is 13.7. The third-order valence-electron chi connectivity index (χ3n) is 3.59. The van der Waals surface area contributed by atoms with Gasteiger partial charge in [-0.2, -0.15) is 0 Å². The molecule has 0 spiro atoms. The van der Waals surface area contributed by atoms with Gasteiger partial charge >= 0.3 is 0 Å². The minimum atomic E-state index is -0.409. The molecule has 1 heterocycles. The first-order valence-corrected chi connectivity index (χ1v) is 7.03. The van der Waals surface area contributed by atoms with Crippen molar-refractivity contribution in [2.45, 2.75) is 6.04 Å². The molecule has 0 fully saturated rings. The van der Waals surface area contributed by atoms with E-state index in [1.807, 2.05) is 43.6 Å². The fourth-order valence-corrected chi connectivity index (χ4v) is 2.70. The Hall–Kier alpha value is -1.97. The first-order chi connectivity index (χ1) is 10.2. The minimum absolute atomic E-state index is 0.121. The van der Waals surface area contributed by atoms with E-state index in [1.165, 1.54) is 6.07 Å². The fourth-order valence-electron chi connectivity index (χ4n) is 2.58. The molecule has 0 aliphatic rings. The molecule has 1 unspecified atom stereocenters. The van der Waals surface area contributed by atoms with E-state index in [-0.39, 0.29) is 11.1 Å². The van der Waals surface area contributed by atoms with Gasteiger partial charge in [0, 0.05) is 17.8 Å². The Labute approximate surface area is 127 Å². The highest BCUT2D eigenvalue weighted by atomic mass is 35.5. The normalized spacial score (nSPS) is 12.5. The Morgan fingerprint density at radius 2 is 2.05 bits per heavy atom. The van der Waals surface area contributed by atoms with Crippen molar-refractivity contribution < 1.29 is 4.39 Å². The molecule has 3 aromatic rings. The molecule has 4 heteroatoms. The molecule has 21 heavy (non-hydrogen) atoms. The molecule has 0 saturated heterocycles. The molecule has 0 bridgehead atoms. The highest BCUT2D eigenvalue weighted by Gasteiger charge is 2.16. The first kappa shape index (κ1) is 14.0. The number of hydrogen-bond acceptors (Lipinski definition) is 2. The summed E-state index contributed by atoms with van der Waals surface area (Å²) < 4.78 is 13.7. The summed E-state index contributed by atoms with van der Waals surface area (Å²) in [6, 6.07) is 12.8. The van der Waals surface area contributed by atoms with Crippen molar-refractivity contribution >= 4 is 22.4 Å². The fraction of sp³-hybridized carbons (Fsp3) is 0.118. The monoisotopic (exact) mass is 300 g/mol. The topological polar surface area (TPSA) is 24.9 Å². The Balaban J connectivity index is 2.16. The molecule has 0 amide bonds. The summed E-state index contributed by atoms with van der Waals surface area (Å²) in [5.41, 5.74) is 1.89. The molecule has 2 aromatic carbocycles. The SMILES string of the molecule is CNC(c1ccc(Cl)c(F)c1)c1cccc2ccncc12. The number of rotatable bonds is 3. The van der Waals surface area contributed by atoms with Crippen LogP contribution in [0.3, 0.4) is 0 Å². The standard InChI is InChI=1S/C17H14ClFN2/c1-20-17(12-5-6-15(18)16(19)9-12)13-4-2-3-11-7-8-21-10-14(11)13/h2-10,17,20H,1H3. The molecule has 0 saturated carbocycles. The van der Waals surface area contributed by atoms with Gasteiger partial charge < -0.3 is 5.32 Å². The van der Waals surface area contributed by atoms with Crippen LogP contribution in [0.1, 0.15) is 17.2 Å². The van der Waals surface area contributed by atoms with Crippen molar-refractivity contribution in [1.82, 2.24) is 10.3 Å². The summed E-state index contributed by atoms with van der Waals surface area (Å²) in [5.74, 6) is -0.409. The van der Waals surface area contributed by atoms with Crippen LogP contribution in [0.15, 0.2) is 54.9 Å². The summed E-state index contributed by atoms with van der Waals surface area (Å²) >= 11 is 5.76. The van der Waals surface area contributed by atoms with Gasteiger partial charge in [0.15, 0.2) is 0 Å². The zero-order valence-electron chi connectivity index (χ0n) is 11.5. The molecule has 1 atom stereocenters. The van der Waals surface area contributed by atoms with Crippen LogP contribution in [0.4, 0.5) is 4.39 Å². The minimum Gasteiger partial charge on any atom is -0.309 e. The number of aromatic nitrogens is 1. The molecule has 0 aliphatic heterocycles. The van der Waals surface area contributed by atoms with Gasteiger partial charge in [-0.05, 0) is 41.8 Å². The lowest BCUT2D eigenvalue weighted by Crippen LogP contribution is -2.18. The van der Waals surface area contributed by atoms with E-state index in [0.717, 1.165) is 21.9 Å². The number of hydrogen-bond donors (Lipinski definition) is 1. The molecule has 2 nitrogen and oxygen atoms in total. The maximum atomic E-state index is 13.7. The van der Waals surface area contributed by atoms with Crippen LogP contribution < -0.4 is 5.32 Å². The zero-order valence-corrected chi connectivity index (χ0v) is 12.2. The van der Waals surface area contributed by atoms with Crippen LogP contribution >= 0.6 is 11.6 Å². The molecule has 1 N–H and O–H groups in total. The second-order valence-corrected chi connectivity index (χ2v) is 5.25. The van der Waals surface area contributed by atoms with Gasteiger partial charge in [0.2, 0.25) is 0 Å². The number of fused-ring (bicyclic) bond motifs is 1.